The summed E-state index contributed by atoms with van der Waals surface area (Å²) in [5, 5.41) is 8.62. The van der Waals surface area contributed by atoms with E-state index < -0.39 is 0 Å². The minimum Gasteiger partial charge on any atom is -0.442 e. The average molecular weight is 228 g/mol. The molecule has 1 rings (SSSR count). The maximum Gasteiger partial charge on any atom is 0.165 e. The summed E-state index contributed by atoms with van der Waals surface area (Å²) in [5.74, 6) is 0. The van der Waals surface area contributed by atoms with Crippen LogP contribution in [0.3, 0.4) is 0 Å². The van der Waals surface area contributed by atoms with E-state index in [0.29, 0.717) is 0 Å². The Labute approximate surface area is 101 Å². The van der Waals surface area contributed by atoms with E-state index in [2.05, 4.69) is 55.4 Å². The maximum atomic E-state index is 8.62. The maximum absolute atomic E-state index is 8.62. The van der Waals surface area contributed by atoms with Gasteiger partial charge in [0.25, 0.3) is 0 Å². The van der Waals surface area contributed by atoms with Crippen LogP contribution in [-0.2, 0) is 0 Å². The molecule has 0 aliphatic heterocycles. The van der Waals surface area contributed by atoms with E-state index in [4.69, 9.17) is 10.8 Å². The zero-order valence-corrected chi connectivity index (χ0v) is 12.2. The molecule has 16 heavy (non-hydrogen) atoms. The molecule has 0 unspecified atom stereocenters. The second-order valence-corrected chi connectivity index (χ2v) is 7.80. The first-order valence-corrected chi connectivity index (χ1v) is 6.28. The van der Waals surface area contributed by atoms with Gasteiger partial charge in [-0.3, -0.25) is 0 Å². The van der Waals surface area contributed by atoms with Crippen LogP contribution in [0.4, 0.5) is 0 Å². The van der Waals surface area contributed by atoms with E-state index in [-0.39, 0.29) is 33.8 Å². The van der Waals surface area contributed by atoms with Crippen molar-refractivity contribution in [2.75, 3.05) is 0 Å². The zero-order valence-electron chi connectivity index (χ0n) is 12.2. The molecule has 96 valence electrons. The largest absolute Gasteiger partial charge is 0.442 e. The van der Waals surface area contributed by atoms with Gasteiger partial charge in [0.05, 0.1) is 0 Å². The first-order valence-electron chi connectivity index (χ1n) is 6.28. The highest BCUT2D eigenvalue weighted by Gasteiger charge is 2.66. The van der Waals surface area contributed by atoms with Crippen molar-refractivity contribution < 1.29 is 5.11 Å². The molecule has 0 atom stereocenters. The standard InChI is InChI=1S/C14H29NO/c1-11(2)9(15)12(3,4)14(7,8)10(16)13(11,5)6/h9-10,16H,15H2,1-8H3/p+1. The van der Waals surface area contributed by atoms with Gasteiger partial charge in [-0.25, -0.2) is 0 Å². The van der Waals surface area contributed by atoms with Gasteiger partial charge in [0.15, 0.2) is 6.10 Å². The van der Waals surface area contributed by atoms with Gasteiger partial charge < -0.3 is 10.8 Å². The molecule has 1 aliphatic rings. The molecule has 0 spiro atoms. The second-order valence-electron chi connectivity index (χ2n) is 7.80. The third-order valence-corrected chi connectivity index (χ3v) is 6.32. The SMILES string of the molecule is CC1(C)C(N)C(C)(C)C(C)(C)C([OH2+])C1(C)C. The van der Waals surface area contributed by atoms with Crippen LogP contribution in [0.25, 0.3) is 0 Å². The molecule has 0 heterocycles. The summed E-state index contributed by atoms with van der Waals surface area (Å²) in [6.07, 6.45) is -0.0928. The molecule has 2 nitrogen and oxygen atoms in total. The van der Waals surface area contributed by atoms with Crippen LogP contribution >= 0.6 is 0 Å². The Morgan fingerprint density at radius 2 is 0.938 bits per heavy atom. The normalized spacial score (nSPS) is 39.4. The lowest BCUT2D eigenvalue weighted by Gasteiger charge is -2.63. The van der Waals surface area contributed by atoms with Gasteiger partial charge in [-0.15, -0.1) is 0 Å². The summed E-state index contributed by atoms with van der Waals surface area (Å²) in [7, 11) is 0. The zero-order chi connectivity index (χ0) is 13.2. The Bertz CT molecular complexity index is 231. The average Bonchev–Trinajstić information content (AvgIpc) is 2.13. The predicted octanol–water partition coefficient (Wildman–Crippen LogP) is 2.53. The molecule has 1 fully saturated rings. The first kappa shape index (κ1) is 14.0. The van der Waals surface area contributed by atoms with Crippen molar-refractivity contribution >= 4 is 0 Å². The van der Waals surface area contributed by atoms with Gasteiger partial charge >= 0.3 is 0 Å². The van der Waals surface area contributed by atoms with E-state index in [1.165, 1.54) is 0 Å². The number of hydrogen-bond acceptors (Lipinski definition) is 1. The van der Waals surface area contributed by atoms with Gasteiger partial charge in [-0.1, -0.05) is 55.4 Å². The van der Waals surface area contributed by atoms with Gasteiger partial charge in [0, 0.05) is 16.9 Å². The molecule has 4 N–H and O–H groups in total. The van der Waals surface area contributed by atoms with Crippen LogP contribution in [-0.4, -0.2) is 17.3 Å². The van der Waals surface area contributed by atoms with E-state index in [1.807, 2.05) is 0 Å². The highest BCUT2D eigenvalue weighted by molar-refractivity contribution is 5.15. The number of rotatable bonds is 0. The van der Waals surface area contributed by atoms with Gasteiger partial charge in [-0.05, 0) is 10.8 Å². The van der Waals surface area contributed by atoms with Crippen LogP contribution < -0.4 is 5.73 Å². The molecule has 1 aliphatic carbocycles. The van der Waals surface area contributed by atoms with Crippen LogP contribution in [0.1, 0.15) is 55.4 Å². The fourth-order valence-corrected chi connectivity index (χ4v) is 3.35. The summed E-state index contributed by atoms with van der Waals surface area (Å²) in [6.45, 7) is 17.7. The lowest BCUT2D eigenvalue weighted by molar-refractivity contribution is -0.209. The lowest BCUT2D eigenvalue weighted by atomic mass is 9.41. The molecular formula is C14H30NO+. The Balaban J connectivity index is 3.39. The quantitative estimate of drug-likeness (QED) is 0.636. The van der Waals surface area contributed by atoms with Crippen LogP contribution in [0.5, 0.6) is 0 Å². The molecule has 0 saturated heterocycles. The van der Waals surface area contributed by atoms with Gasteiger partial charge in [0.1, 0.15) is 0 Å². The van der Waals surface area contributed by atoms with Crippen LogP contribution in [0.15, 0.2) is 0 Å². The van der Waals surface area contributed by atoms with Crippen molar-refractivity contribution in [1.82, 2.24) is 0 Å². The van der Waals surface area contributed by atoms with Crippen molar-refractivity contribution in [3.05, 3.63) is 0 Å². The second kappa shape index (κ2) is 3.23. The van der Waals surface area contributed by atoms with Crippen molar-refractivity contribution in [3.63, 3.8) is 0 Å². The third kappa shape index (κ3) is 1.32. The summed E-state index contributed by atoms with van der Waals surface area (Å²) < 4.78 is 0. The minimum atomic E-state index is -0.0928. The van der Waals surface area contributed by atoms with Crippen LogP contribution in [0, 0.1) is 21.7 Å². The fourth-order valence-electron chi connectivity index (χ4n) is 3.35. The van der Waals surface area contributed by atoms with E-state index in [9.17, 15) is 0 Å². The topological polar surface area (TPSA) is 48.9 Å². The minimum absolute atomic E-state index is 0.0154. The van der Waals surface area contributed by atoms with Crippen molar-refractivity contribution in [2.45, 2.75) is 67.5 Å². The van der Waals surface area contributed by atoms with Gasteiger partial charge in [-0.2, -0.15) is 0 Å². The lowest BCUT2D eigenvalue weighted by Crippen LogP contribution is -2.70. The van der Waals surface area contributed by atoms with E-state index >= 15 is 0 Å². The Kier molecular flexibility index (Phi) is 2.82. The molecule has 0 aromatic rings. The van der Waals surface area contributed by atoms with Crippen molar-refractivity contribution in [3.8, 4) is 0 Å². The Morgan fingerprint density at radius 1 is 0.688 bits per heavy atom. The highest BCUT2D eigenvalue weighted by Crippen LogP contribution is 2.62. The molecule has 0 aromatic heterocycles. The summed E-state index contributed by atoms with van der Waals surface area (Å²) >= 11 is 0. The predicted molar refractivity (Wildman–Crippen MR) is 70.5 cm³/mol. The Hall–Kier alpha value is -0.0800. The molecule has 0 radical (unpaired) electrons. The van der Waals surface area contributed by atoms with E-state index in [1.54, 1.807) is 0 Å². The summed E-state index contributed by atoms with van der Waals surface area (Å²) in [5.41, 5.74) is 6.36. The van der Waals surface area contributed by atoms with Gasteiger partial charge in [0.2, 0.25) is 0 Å². The molecule has 0 amide bonds. The monoisotopic (exact) mass is 228 g/mol. The highest BCUT2D eigenvalue weighted by atomic mass is 16.3. The van der Waals surface area contributed by atoms with Crippen molar-refractivity contribution in [1.29, 1.82) is 0 Å². The summed E-state index contributed by atoms with van der Waals surface area (Å²) in [6, 6.07) is 0.117. The Morgan fingerprint density at radius 3 is 1.19 bits per heavy atom. The number of hydrogen-bond donors (Lipinski definition) is 1. The molecule has 1 saturated carbocycles. The smallest absolute Gasteiger partial charge is 0.165 e. The third-order valence-electron chi connectivity index (χ3n) is 6.32. The molecule has 0 bridgehead atoms. The van der Waals surface area contributed by atoms with Crippen LogP contribution in [0.2, 0.25) is 0 Å². The van der Waals surface area contributed by atoms with E-state index in [0.717, 1.165) is 0 Å². The first-order chi connectivity index (χ1) is 6.81. The molecule has 0 aromatic carbocycles. The number of nitrogens with two attached hydrogens (primary N) is 1. The summed E-state index contributed by atoms with van der Waals surface area (Å²) in [4.78, 5) is 0. The molecule has 2 heteroatoms. The molecular weight excluding hydrogens is 198 g/mol. The van der Waals surface area contributed by atoms with Crippen molar-refractivity contribution in [2.24, 2.45) is 27.4 Å². The fraction of sp³-hybridized carbons (Fsp3) is 1.00.